The molecule has 1 aromatic rings. The van der Waals surface area contributed by atoms with E-state index < -0.39 is 11.7 Å². The van der Waals surface area contributed by atoms with E-state index in [0.717, 1.165) is 12.6 Å². The Hall–Kier alpha value is -0.970. The predicted octanol–water partition coefficient (Wildman–Crippen LogP) is 2.12. The molecule has 1 N–H and O–H groups in total. The SMILES string of the molecule is CC(Br)CCNC(=O)c1ccncc1F. The Labute approximate surface area is 96.2 Å². The Balaban J connectivity index is 2.51. The van der Waals surface area contributed by atoms with Gasteiger partial charge in [0.25, 0.3) is 5.91 Å². The lowest BCUT2D eigenvalue weighted by atomic mass is 10.2. The van der Waals surface area contributed by atoms with E-state index in [9.17, 15) is 9.18 Å². The number of pyridine rings is 1. The van der Waals surface area contributed by atoms with E-state index in [1.807, 2.05) is 6.92 Å². The van der Waals surface area contributed by atoms with Gasteiger partial charge in [-0.1, -0.05) is 22.9 Å². The van der Waals surface area contributed by atoms with Crippen molar-refractivity contribution < 1.29 is 9.18 Å². The van der Waals surface area contributed by atoms with Gasteiger partial charge in [0.2, 0.25) is 0 Å². The van der Waals surface area contributed by atoms with Crippen molar-refractivity contribution in [2.45, 2.75) is 18.2 Å². The van der Waals surface area contributed by atoms with Crippen LogP contribution in [0, 0.1) is 5.82 Å². The molecule has 0 aliphatic heterocycles. The second-order valence-electron chi connectivity index (χ2n) is 3.18. The number of hydrogen-bond donors (Lipinski definition) is 1. The van der Waals surface area contributed by atoms with Crippen LogP contribution >= 0.6 is 15.9 Å². The molecule has 1 heterocycles. The van der Waals surface area contributed by atoms with Crippen molar-refractivity contribution in [1.29, 1.82) is 0 Å². The van der Waals surface area contributed by atoms with Crippen molar-refractivity contribution in [2.75, 3.05) is 6.54 Å². The van der Waals surface area contributed by atoms with Gasteiger partial charge in [0, 0.05) is 17.6 Å². The summed E-state index contributed by atoms with van der Waals surface area (Å²) in [5.74, 6) is -0.995. The van der Waals surface area contributed by atoms with Gasteiger partial charge < -0.3 is 5.32 Å². The van der Waals surface area contributed by atoms with E-state index in [4.69, 9.17) is 0 Å². The van der Waals surface area contributed by atoms with Crippen LogP contribution in [-0.4, -0.2) is 22.3 Å². The molecule has 0 radical (unpaired) electrons. The van der Waals surface area contributed by atoms with E-state index in [2.05, 4.69) is 26.2 Å². The predicted molar refractivity (Wildman–Crippen MR) is 59.5 cm³/mol. The van der Waals surface area contributed by atoms with E-state index in [0.29, 0.717) is 11.4 Å². The van der Waals surface area contributed by atoms with Gasteiger partial charge in [-0.05, 0) is 12.5 Å². The van der Waals surface area contributed by atoms with E-state index >= 15 is 0 Å². The molecule has 1 amide bonds. The highest BCUT2D eigenvalue weighted by molar-refractivity contribution is 9.09. The van der Waals surface area contributed by atoms with Crippen LogP contribution in [0.25, 0.3) is 0 Å². The number of carbonyl (C=O) groups excluding carboxylic acids is 1. The third kappa shape index (κ3) is 3.95. The van der Waals surface area contributed by atoms with Crippen molar-refractivity contribution in [3.05, 3.63) is 29.8 Å². The number of carbonyl (C=O) groups is 1. The Kier molecular flexibility index (Phi) is 4.68. The zero-order valence-electron chi connectivity index (χ0n) is 8.34. The Morgan fingerprint density at radius 1 is 1.73 bits per heavy atom. The summed E-state index contributed by atoms with van der Waals surface area (Å²) in [5.41, 5.74) is 0.0345. The van der Waals surface area contributed by atoms with Crippen molar-refractivity contribution in [1.82, 2.24) is 10.3 Å². The first-order chi connectivity index (χ1) is 7.11. The molecule has 0 aliphatic rings. The largest absolute Gasteiger partial charge is 0.352 e. The molecule has 0 bridgehead atoms. The highest BCUT2D eigenvalue weighted by Gasteiger charge is 2.10. The van der Waals surface area contributed by atoms with Gasteiger partial charge in [0.15, 0.2) is 5.82 Å². The zero-order chi connectivity index (χ0) is 11.3. The number of amides is 1. The summed E-state index contributed by atoms with van der Waals surface area (Å²) in [7, 11) is 0. The molecule has 1 unspecified atom stereocenters. The first-order valence-electron chi connectivity index (χ1n) is 4.63. The standard InChI is InChI=1S/C10H12BrFN2O/c1-7(11)2-5-14-10(15)8-3-4-13-6-9(8)12/h3-4,6-7H,2,5H2,1H3,(H,14,15). The molecule has 0 saturated carbocycles. The molecule has 82 valence electrons. The molecule has 3 nitrogen and oxygen atoms in total. The fraction of sp³-hybridized carbons (Fsp3) is 0.400. The average molecular weight is 275 g/mol. The molecule has 5 heteroatoms. The number of aromatic nitrogens is 1. The minimum atomic E-state index is -0.595. The highest BCUT2D eigenvalue weighted by atomic mass is 79.9. The number of alkyl halides is 1. The maximum atomic E-state index is 13.1. The van der Waals surface area contributed by atoms with Crippen molar-refractivity contribution >= 4 is 21.8 Å². The third-order valence-corrected chi connectivity index (χ3v) is 2.30. The number of halogens is 2. The zero-order valence-corrected chi connectivity index (χ0v) is 9.92. The minimum Gasteiger partial charge on any atom is -0.352 e. The van der Waals surface area contributed by atoms with Crippen LogP contribution in [0.15, 0.2) is 18.5 Å². The van der Waals surface area contributed by atoms with Gasteiger partial charge in [-0.3, -0.25) is 9.78 Å². The summed E-state index contributed by atoms with van der Waals surface area (Å²) in [5, 5.41) is 2.63. The summed E-state index contributed by atoms with van der Waals surface area (Å²) in [6.45, 7) is 2.51. The molecular weight excluding hydrogens is 263 g/mol. The second kappa shape index (κ2) is 5.80. The van der Waals surface area contributed by atoms with Gasteiger partial charge in [0.05, 0.1) is 11.8 Å². The fourth-order valence-corrected chi connectivity index (χ4v) is 1.27. The van der Waals surface area contributed by atoms with E-state index in [-0.39, 0.29) is 5.56 Å². The maximum absolute atomic E-state index is 13.1. The number of rotatable bonds is 4. The Morgan fingerprint density at radius 3 is 3.07 bits per heavy atom. The molecule has 0 aliphatic carbocycles. The molecule has 1 aromatic heterocycles. The van der Waals surface area contributed by atoms with Crippen LogP contribution in [0.1, 0.15) is 23.7 Å². The van der Waals surface area contributed by atoms with Gasteiger partial charge in [-0.25, -0.2) is 4.39 Å². The third-order valence-electron chi connectivity index (χ3n) is 1.84. The van der Waals surface area contributed by atoms with Crippen LogP contribution in [0.3, 0.4) is 0 Å². The summed E-state index contributed by atoms with van der Waals surface area (Å²) in [4.78, 5) is 15.4. The molecule has 0 saturated heterocycles. The summed E-state index contributed by atoms with van der Waals surface area (Å²) >= 11 is 3.36. The average Bonchev–Trinajstić information content (AvgIpc) is 2.17. The minimum absolute atomic E-state index is 0.0345. The van der Waals surface area contributed by atoms with Crippen LogP contribution in [-0.2, 0) is 0 Å². The van der Waals surface area contributed by atoms with Crippen molar-refractivity contribution in [2.24, 2.45) is 0 Å². The Morgan fingerprint density at radius 2 is 2.47 bits per heavy atom. The Bertz CT molecular complexity index is 344. The van der Waals surface area contributed by atoms with Crippen LogP contribution < -0.4 is 5.32 Å². The lowest BCUT2D eigenvalue weighted by Gasteiger charge is -2.06. The van der Waals surface area contributed by atoms with Gasteiger partial charge in [-0.15, -0.1) is 0 Å². The molecular formula is C10H12BrFN2O. The van der Waals surface area contributed by atoms with Crippen LogP contribution in [0.4, 0.5) is 4.39 Å². The highest BCUT2D eigenvalue weighted by Crippen LogP contribution is 2.05. The second-order valence-corrected chi connectivity index (χ2v) is 4.74. The van der Waals surface area contributed by atoms with Crippen molar-refractivity contribution in [3.8, 4) is 0 Å². The summed E-state index contributed by atoms with van der Waals surface area (Å²) in [6, 6.07) is 1.36. The van der Waals surface area contributed by atoms with Crippen LogP contribution in [0.2, 0.25) is 0 Å². The number of nitrogens with zero attached hydrogens (tertiary/aromatic N) is 1. The van der Waals surface area contributed by atoms with Crippen molar-refractivity contribution in [3.63, 3.8) is 0 Å². The van der Waals surface area contributed by atoms with Gasteiger partial charge in [0.1, 0.15) is 0 Å². The number of hydrogen-bond acceptors (Lipinski definition) is 2. The first-order valence-corrected chi connectivity index (χ1v) is 5.54. The van der Waals surface area contributed by atoms with Crippen LogP contribution in [0.5, 0.6) is 0 Å². The molecule has 0 fully saturated rings. The van der Waals surface area contributed by atoms with Gasteiger partial charge in [-0.2, -0.15) is 0 Å². The lowest BCUT2D eigenvalue weighted by molar-refractivity contribution is 0.0949. The molecule has 15 heavy (non-hydrogen) atoms. The van der Waals surface area contributed by atoms with E-state index in [1.54, 1.807) is 0 Å². The first kappa shape index (κ1) is 12.1. The molecule has 0 aromatic carbocycles. The summed E-state index contributed by atoms with van der Waals surface area (Å²) in [6.07, 6.45) is 3.23. The monoisotopic (exact) mass is 274 g/mol. The quantitative estimate of drug-likeness (QED) is 0.855. The normalized spacial score (nSPS) is 12.2. The molecule has 1 rings (SSSR count). The fourth-order valence-electron chi connectivity index (χ4n) is 1.04. The molecule has 1 atom stereocenters. The number of nitrogens with one attached hydrogen (secondary N) is 1. The smallest absolute Gasteiger partial charge is 0.254 e. The lowest BCUT2D eigenvalue weighted by Crippen LogP contribution is -2.26. The molecule has 0 spiro atoms. The van der Waals surface area contributed by atoms with Gasteiger partial charge >= 0.3 is 0 Å². The maximum Gasteiger partial charge on any atom is 0.254 e. The van der Waals surface area contributed by atoms with E-state index in [1.165, 1.54) is 12.3 Å². The topological polar surface area (TPSA) is 42.0 Å². The summed E-state index contributed by atoms with van der Waals surface area (Å²) < 4.78 is 13.1.